The first kappa shape index (κ1) is 28.5. The fourth-order valence-corrected chi connectivity index (χ4v) is 3.84. The number of carbonyl (C=O) groups excluding carboxylic acids is 2. The number of pyridine rings is 1. The number of esters is 2. The van der Waals surface area contributed by atoms with Gasteiger partial charge in [0, 0.05) is 24.0 Å². The zero-order chi connectivity index (χ0) is 28.9. The Morgan fingerprint density at radius 2 is 1.82 bits per heavy atom. The van der Waals surface area contributed by atoms with Gasteiger partial charge in [0.1, 0.15) is 25.1 Å². The van der Waals surface area contributed by atoms with Crippen LogP contribution in [0.25, 0.3) is 22.5 Å². The first-order valence-corrected chi connectivity index (χ1v) is 12.3. The number of ether oxygens (including phenoxy) is 4. The minimum absolute atomic E-state index is 0.203. The van der Waals surface area contributed by atoms with E-state index in [2.05, 4.69) is 10.1 Å². The van der Waals surface area contributed by atoms with Gasteiger partial charge in [0.05, 0.1) is 36.6 Å². The lowest BCUT2D eigenvalue weighted by atomic mass is 10.1. The SMILES string of the molecule is COc1cc(-n2cnn3cc(-c4ccc(Cl)cn4)cc3c2=O)ccc1OCC(C)(COC(=O)CN)OC(=O)CN. The lowest BCUT2D eigenvalue weighted by molar-refractivity contribution is -0.172. The lowest BCUT2D eigenvalue weighted by Crippen LogP contribution is -2.45. The third kappa shape index (κ3) is 6.39. The Kier molecular flexibility index (Phi) is 8.67. The third-order valence-electron chi connectivity index (χ3n) is 5.74. The van der Waals surface area contributed by atoms with E-state index in [-0.39, 0.29) is 43.4 Å². The molecule has 210 valence electrons. The van der Waals surface area contributed by atoms with Crippen LogP contribution in [0.5, 0.6) is 11.5 Å². The molecule has 40 heavy (non-hydrogen) atoms. The van der Waals surface area contributed by atoms with E-state index in [4.69, 9.17) is 42.0 Å². The molecule has 4 N–H and O–H groups in total. The molecular formula is C26H27ClN6O7. The van der Waals surface area contributed by atoms with Crippen LogP contribution in [0.2, 0.25) is 5.02 Å². The van der Waals surface area contributed by atoms with E-state index in [9.17, 15) is 14.4 Å². The second kappa shape index (κ2) is 12.2. The smallest absolute Gasteiger partial charge is 0.320 e. The van der Waals surface area contributed by atoms with Gasteiger partial charge in [0.25, 0.3) is 5.56 Å². The van der Waals surface area contributed by atoms with Crippen molar-refractivity contribution >= 4 is 29.1 Å². The fourth-order valence-electron chi connectivity index (χ4n) is 3.73. The van der Waals surface area contributed by atoms with Crippen molar-refractivity contribution in [3.8, 4) is 28.4 Å². The van der Waals surface area contributed by atoms with E-state index >= 15 is 0 Å². The highest BCUT2D eigenvalue weighted by atomic mass is 35.5. The Morgan fingerprint density at radius 3 is 2.50 bits per heavy atom. The van der Waals surface area contributed by atoms with E-state index in [1.54, 1.807) is 42.6 Å². The molecule has 3 heterocycles. The predicted octanol–water partition coefficient (Wildman–Crippen LogP) is 1.35. The molecule has 14 heteroatoms. The number of nitrogens with two attached hydrogens (primary N) is 2. The number of hydrogen-bond acceptors (Lipinski definition) is 11. The number of methoxy groups -OCH3 is 1. The van der Waals surface area contributed by atoms with Crippen LogP contribution in [-0.2, 0) is 19.1 Å². The van der Waals surface area contributed by atoms with Crippen LogP contribution in [0.3, 0.4) is 0 Å². The molecule has 4 rings (SSSR count). The summed E-state index contributed by atoms with van der Waals surface area (Å²) in [5.41, 5.74) is 11.1. The van der Waals surface area contributed by atoms with Gasteiger partial charge in [-0.1, -0.05) is 11.6 Å². The Hall–Kier alpha value is -4.46. The summed E-state index contributed by atoms with van der Waals surface area (Å²) in [4.78, 5) is 41.0. The van der Waals surface area contributed by atoms with Gasteiger partial charge in [0.15, 0.2) is 17.1 Å². The number of rotatable bonds is 11. The highest BCUT2D eigenvalue weighted by Crippen LogP contribution is 2.30. The van der Waals surface area contributed by atoms with Gasteiger partial charge >= 0.3 is 11.9 Å². The summed E-state index contributed by atoms with van der Waals surface area (Å²) < 4.78 is 24.6. The van der Waals surface area contributed by atoms with Crippen molar-refractivity contribution in [2.75, 3.05) is 33.4 Å². The van der Waals surface area contributed by atoms with E-state index in [0.717, 1.165) is 0 Å². The van der Waals surface area contributed by atoms with Crippen LogP contribution >= 0.6 is 11.6 Å². The number of halogens is 1. The molecule has 0 aliphatic carbocycles. The number of aromatic nitrogens is 4. The molecule has 0 amide bonds. The third-order valence-corrected chi connectivity index (χ3v) is 5.97. The maximum Gasteiger partial charge on any atom is 0.320 e. The van der Waals surface area contributed by atoms with Crippen LogP contribution in [0.15, 0.2) is 59.9 Å². The molecule has 13 nitrogen and oxygen atoms in total. The second-order valence-corrected chi connectivity index (χ2v) is 9.28. The zero-order valence-corrected chi connectivity index (χ0v) is 22.5. The Labute approximate surface area is 233 Å². The van der Waals surface area contributed by atoms with E-state index < -0.39 is 17.5 Å². The molecule has 1 aromatic carbocycles. The summed E-state index contributed by atoms with van der Waals surface area (Å²) in [6, 6.07) is 9.98. The van der Waals surface area contributed by atoms with E-state index in [1.807, 2.05) is 0 Å². The Morgan fingerprint density at radius 1 is 1.05 bits per heavy atom. The molecule has 0 saturated heterocycles. The molecule has 0 aliphatic heterocycles. The van der Waals surface area contributed by atoms with Crippen LogP contribution in [0.4, 0.5) is 0 Å². The van der Waals surface area contributed by atoms with Crippen molar-refractivity contribution in [3.05, 3.63) is 70.5 Å². The van der Waals surface area contributed by atoms with Crippen LogP contribution in [0, 0.1) is 0 Å². The standard InChI is InChI=1S/C26H27ClN6O7/c1-26(40-24(35)10-29,14-39-23(34)9-28)13-38-21-6-4-18(8-22(21)37-2)32-15-31-33-12-16(7-20(33)25(32)36)19-5-3-17(27)11-30-19/h3-8,11-12,15H,9-10,13-14,28-29H2,1-2H3. The highest BCUT2D eigenvalue weighted by molar-refractivity contribution is 6.30. The van der Waals surface area contributed by atoms with E-state index in [0.29, 0.717) is 27.5 Å². The molecular weight excluding hydrogens is 544 g/mol. The van der Waals surface area contributed by atoms with Crippen molar-refractivity contribution < 1.29 is 28.5 Å². The molecule has 4 aromatic rings. The van der Waals surface area contributed by atoms with Gasteiger partial charge in [-0.15, -0.1) is 0 Å². The summed E-state index contributed by atoms with van der Waals surface area (Å²) in [6.07, 6.45) is 4.62. The van der Waals surface area contributed by atoms with Crippen molar-refractivity contribution in [2.24, 2.45) is 11.5 Å². The number of benzene rings is 1. The average molecular weight is 571 g/mol. The van der Waals surface area contributed by atoms with E-state index in [1.165, 1.54) is 35.6 Å². The quantitative estimate of drug-likeness (QED) is 0.249. The first-order chi connectivity index (χ1) is 19.2. The first-order valence-electron chi connectivity index (χ1n) is 12.0. The topological polar surface area (TPSA) is 175 Å². The number of nitrogens with zero attached hydrogens (tertiary/aromatic N) is 4. The van der Waals surface area contributed by atoms with Crippen molar-refractivity contribution in [3.63, 3.8) is 0 Å². The minimum atomic E-state index is -1.36. The minimum Gasteiger partial charge on any atom is -0.493 e. The van der Waals surface area contributed by atoms with Crippen molar-refractivity contribution in [1.82, 2.24) is 19.2 Å². The van der Waals surface area contributed by atoms with Gasteiger partial charge in [-0.2, -0.15) is 5.10 Å². The number of hydrogen-bond donors (Lipinski definition) is 2. The molecule has 0 bridgehead atoms. The molecule has 3 aromatic heterocycles. The van der Waals surface area contributed by atoms with Gasteiger partial charge < -0.3 is 30.4 Å². The van der Waals surface area contributed by atoms with Crippen LogP contribution in [0.1, 0.15) is 6.92 Å². The predicted molar refractivity (Wildman–Crippen MR) is 145 cm³/mol. The maximum absolute atomic E-state index is 13.3. The summed E-state index contributed by atoms with van der Waals surface area (Å²) in [7, 11) is 1.44. The zero-order valence-electron chi connectivity index (χ0n) is 21.7. The summed E-state index contributed by atoms with van der Waals surface area (Å²) in [5.74, 6) is -0.808. The van der Waals surface area contributed by atoms with Gasteiger partial charge in [-0.3, -0.25) is 23.9 Å². The van der Waals surface area contributed by atoms with Gasteiger partial charge in [-0.05, 0) is 37.3 Å². The Balaban J connectivity index is 1.59. The normalized spacial score (nSPS) is 12.5. The number of carbonyl (C=O) groups is 2. The molecule has 0 spiro atoms. The summed E-state index contributed by atoms with van der Waals surface area (Å²) in [6.45, 7) is 0.314. The van der Waals surface area contributed by atoms with Crippen LogP contribution < -0.4 is 26.5 Å². The van der Waals surface area contributed by atoms with Crippen LogP contribution in [-0.4, -0.2) is 70.1 Å². The summed E-state index contributed by atoms with van der Waals surface area (Å²) in [5, 5.41) is 4.86. The molecule has 1 atom stereocenters. The molecule has 0 aliphatic rings. The number of fused-ring (bicyclic) bond motifs is 1. The Bertz CT molecular complexity index is 1590. The molecule has 0 saturated carbocycles. The lowest BCUT2D eigenvalue weighted by Gasteiger charge is -2.29. The molecule has 1 unspecified atom stereocenters. The highest BCUT2D eigenvalue weighted by Gasteiger charge is 2.32. The van der Waals surface area contributed by atoms with Gasteiger partial charge in [0.2, 0.25) is 0 Å². The molecule has 0 radical (unpaired) electrons. The second-order valence-electron chi connectivity index (χ2n) is 8.84. The van der Waals surface area contributed by atoms with Crippen molar-refractivity contribution in [2.45, 2.75) is 12.5 Å². The summed E-state index contributed by atoms with van der Waals surface area (Å²) >= 11 is 5.93. The van der Waals surface area contributed by atoms with Crippen molar-refractivity contribution in [1.29, 1.82) is 0 Å². The monoisotopic (exact) mass is 570 g/mol. The largest absolute Gasteiger partial charge is 0.493 e. The molecule has 0 fully saturated rings. The fraction of sp³-hybridized carbons (Fsp3) is 0.269. The average Bonchev–Trinajstić information content (AvgIpc) is 3.41. The maximum atomic E-state index is 13.3. The van der Waals surface area contributed by atoms with Gasteiger partial charge in [-0.25, -0.2) is 4.52 Å².